The van der Waals surface area contributed by atoms with Crippen LogP contribution in [0.5, 0.6) is 0 Å². The number of aryl methyl sites for hydroxylation is 1. The second-order valence-corrected chi connectivity index (χ2v) is 7.31. The first-order chi connectivity index (χ1) is 12.6. The monoisotopic (exact) mass is 379 g/mol. The summed E-state index contributed by atoms with van der Waals surface area (Å²) < 4.78 is 0. The van der Waals surface area contributed by atoms with E-state index in [2.05, 4.69) is 38.2 Å². The number of Topliss-reactive ketones (excluding diaryl/α,β-unsaturated/α-hetero) is 1. The van der Waals surface area contributed by atoms with Crippen molar-refractivity contribution in [1.29, 1.82) is 0 Å². The molecule has 0 aliphatic heterocycles. The predicted molar refractivity (Wildman–Crippen MR) is 115 cm³/mol. The molecule has 0 radical (unpaired) electrons. The highest BCUT2D eigenvalue weighted by Crippen LogP contribution is 2.09. The van der Waals surface area contributed by atoms with Gasteiger partial charge in [-0.3, -0.25) is 9.59 Å². The minimum absolute atomic E-state index is 0.00990. The van der Waals surface area contributed by atoms with Crippen LogP contribution in [0.25, 0.3) is 0 Å². The number of benzene rings is 1. The van der Waals surface area contributed by atoms with Gasteiger partial charge in [-0.2, -0.15) is 0 Å². The van der Waals surface area contributed by atoms with Gasteiger partial charge >= 0.3 is 0 Å². The number of carbonyl (C=O) groups excluding carboxylic acids is 2. The molecule has 1 aromatic carbocycles. The molecule has 0 fully saturated rings. The third kappa shape index (κ3) is 14.1. The number of nitrogens with one attached hydrogen (secondary N) is 1. The van der Waals surface area contributed by atoms with Gasteiger partial charge in [0.1, 0.15) is 0 Å². The molecule has 0 spiro atoms. The molecule has 0 aliphatic rings. The average molecular weight is 380 g/mol. The maximum Gasteiger partial charge on any atom is 0.223 e. The molecule has 1 aromatic rings. The van der Waals surface area contributed by atoms with Crippen LogP contribution in [0.3, 0.4) is 0 Å². The number of amides is 1. The Morgan fingerprint density at radius 2 is 1.41 bits per heavy atom. The summed E-state index contributed by atoms with van der Waals surface area (Å²) in [5.74, 6) is 0.211. The smallest absolute Gasteiger partial charge is 0.223 e. The van der Waals surface area contributed by atoms with Gasteiger partial charge < -0.3 is 10.4 Å². The summed E-state index contributed by atoms with van der Waals surface area (Å²) in [6, 6.07) is 7.74. The van der Waals surface area contributed by atoms with Crippen LogP contribution < -0.4 is 5.32 Å². The zero-order valence-electron chi connectivity index (χ0n) is 18.6. The van der Waals surface area contributed by atoms with E-state index >= 15 is 0 Å². The normalized spacial score (nSPS) is 12.1. The van der Waals surface area contributed by atoms with Crippen molar-refractivity contribution in [2.45, 2.75) is 87.3 Å². The second kappa shape index (κ2) is 16.5. The summed E-state index contributed by atoms with van der Waals surface area (Å²) in [5.41, 5.74) is 2.34. The van der Waals surface area contributed by atoms with Crippen molar-refractivity contribution in [2.24, 2.45) is 11.8 Å². The fraction of sp³-hybridized carbons (Fsp3) is 0.652. The molecule has 0 bridgehead atoms. The summed E-state index contributed by atoms with van der Waals surface area (Å²) in [7, 11) is 0. The lowest BCUT2D eigenvalue weighted by Gasteiger charge is -2.17. The highest BCUT2D eigenvalue weighted by Gasteiger charge is 2.19. The van der Waals surface area contributed by atoms with Crippen LogP contribution in [0.4, 0.5) is 0 Å². The van der Waals surface area contributed by atoms with Crippen LogP contribution >= 0.6 is 0 Å². The van der Waals surface area contributed by atoms with E-state index < -0.39 is 0 Å². The Bertz CT molecular complexity index is 509. The molecule has 4 heteroatoms. The van der Waals surface area contributed by atoms with E-state index in [1.54, 1.807) is 6.92 Å². The largest absolute Gasteiger partial charge is 0.392 e. The Morgan fingerprint density at radius 3 is 1.74 bits per heavy atom. The quantitative estimate of drug-likeness (QED) is 0.706. The Morgan fingerprint density at radius 1 is 0.963 bits per heavy atom. The molecular formula is C23H41NO3. The van der Waals surface area contributed by atoms with Gasteiger partial charge in [-0.05, 0) is 37.3 Å². The van der Waals surface area contributed by atoms with E-state index in [9.17, 15) is 9.59 Å². The predicted octanol–water partition coefficient (Wildman–Crippen LogP) is 4.92. The van der Waals surface area contributed by atoms with Crippen molar-refractivity contribution >= 4 is 11.7 Å². The Balaban J connectivity index is 0. The lowest BCUT2D eigenvalue weighted by molar-refractivity contribution is -0.129. The first kappa shape index (κ1) is 27.5. The molecule has 0 aromatic heterocycles. The molecule has 2 N–H and O–H groups in total. The fourth-order valence-electron chi connectivity index (χ4n) is 1.85. The molecule has 4 nitrogen and oxygen atoms in total. The van der Waals surface area contributed by atoms with Crippen LogP contribution in [0.1, 0.15) is 79.4 Å². The summed E-state index contributed by atoms with van der Waals surface area (Å²) in [5, 5.41) is 11.4. The second-order valence-electron chi connectivity index (χ2n) is 7.31. The molecular weight excluding hydrogens is 338 g/mol. The summed E-state index contributed by atoms with van der Waals surface area (Å²) in [6.45, 7) is 15.6. The lowest BCUT2D eigenvalue weighted by atomic mass is 9.97. The molecule has 0 saturated carbocycles. The van der Waals surface area contributed by atoms with Crippen molar-refractivity contribution < 1.29 is 14.7 Å². The summed E-state index contributed by atoms with van der Waals surface area (Å²) in [6.07, 6.45) is 3.56. The van der Waals surface area contributed by atoms with E-state index in [1.165, 1.54) is 25.3 Å². The van der Waals surface area contributed by atoms with Crippen LogP contribution in [0.2, 0.25) is 0 Å². The van der Waals surface area contributed by atoms with Gasteiger partial charge in [0.05, 0.1) is 12.6 Å². The first-order valence-corrected chi connectivity index (χ1v) is 10.1. The zero-order valence-corrected chi connectivity index (χ0v) is 18.6. The Labute approximate surface area is 166 Å². The fourth-order valence-corrected chi connectivity index (χ4v) is 1.85. The van der Waals surface area contributed by atoms with Crippen molar-refractivity contribution in [1.82, 2.24) is 5.32 Å². The number of hydrogen-bond acceptors (Lipinski definition) is 3. The molecule has 0 heterocycles. The standard InChI is InChI=1S/C10H19NO2.C10H14O.C3H8/c1-6(2)7(3)10(13)11-8(4)9(5)12;1-2-3-9-4-6-10(8-11)7-5-9;1-3-2/h6-8H,1-5H3,(H,11,13);4-7,11H,2-3,8H2,1H3;3H2,1-2H3. The third-order valence-corrected chi connectivity index (χ3v) is 4.13. The van der Waals surface area contributed by atoms with Crippen molar-refractivity contribution in [3.8, 4) is 0 Å². The van der Waals surface area contributed by atoms with E-state index in [0.717, 1.165) is 12.0 Å². The Kier molecular flexibility index (Phi) is 16.8. The van der Waals surface area contributed by atoms with E-state index in [-0.39, 0.29) is 30.3 Å². The minimum Gasteiger partial charge on any atom is -0.392 e. The number of carbonyl (C=O) groups is 2. The number of hydrogen-bond donors (Lipinski definition) is 2. The molecule has 2 atom stereocenters. The highest BCUT2D eigenvalue weighted by molar-refractivity contribution is 5.87. The van der Waals surface area contributed by atoms with Crippen LogP contribution in [-0.2, 0) is 22.6 Å². The minimum atomic E-state index is -0.367. The van der Waals surface area contributed by atoms with Crippen molar-refractivity contribution in [2.75, 3.05) is 0 Å². The molecule has 0 aliphatic carbocycles. The highest BCUT2D eigenvalue weighted by atomic mass is 16.3. The van der Waals surface area contributed by atoms with Gasteiger partial charge in [0.25, 0.3) is 0 Å². The lowest BCUT2D eigenvalue weighted by Crippen LogP contribution is -2.41. The first-order valence-electron chi connectivity index (χ1n) is 10.1. The van der Waals surface area contributed by atoms with E-state index in [1.807, 2.05) is 32.9 Å². The van der Waals surface area contributed by atoms with Gasteiger partial charge in [0.2, 0.25) is 5.91 Å². The Hall–Kier alpha value is -1.68. The van der Waals surface area contributed by atoms with E-state index in [0.29, 0.717) is 5.92 Å². The van der Waals surface area contributed by atoms with Gasteiger partial charge in [0.15, 0.2) is 5.78 Å². The van der Waals surface area contributed by atoms with Crippen LogP contribution in [-0.4, -0.2) is 22.8 Å². The maximum absolute atomic E-state index is 11.4. The number of aliphatic hydroxyl groups excluding tert-OH is 1. The molecule has 0 saturated heterocycles. The van der Waals surface area contributed by atoms with Crippen LogP contribution in [0, 0.1) is 11.8 Å². The molecule has 2 unspecified atom stereocenters. The zero-order chi connectivity index (χ0) is 21.4. The van der Waals surface area contributed by atoms with Gasteiger partial charge in [-0.15, -0.1) is 0 Å². The molecule has 1 rings (SSSR count). The number of ketones is 1. The summed E-state index contributed by atoms with van der Waals surface area (Å²) in [4.78, 5) is 22.3. The topological polar surface area (TPSA) is 66.4 Å². The molecule has 156 valence electrons. The van der Waals surface area contributed by atoms with Crippen LogP contribution in [0.15, 0.2) is 24.3 Å². The van der Waals surface area contributed by atoms with Gasteiger partial charge in [-0.25, -0.2) is 0 Å². The summed E-state index contributed by atoms with van der Waals surface area (Å²) >= 11 is 0. The van der Waals surface area contributed by atoms with Crippen molar-refractivity contribution in [3.05, 3.63) is 35.4 Å². The number of rotatable bonds is 7. The van der Waals surface area contributed by atoms with Gasteiger partial charge in [0, 0.05) is 5.92 Å². The SMILES string of the molecule is CC(=O)C(C)NC(=O)C(C)C(C)C.CCC.CCCc1ccc(CO)cc1. The van der Waals surface area contributed by atoms with Crippen molar-refractivity contribution in [3.63, 3.8) is 0 Å². The van der Waals surface area contributed by atoms with E-state index in [4.69, 9.17) is 5.11 Å². The average Bonchev–Trinajstić information content (AvgIpc) is 2.63. The number of aliphatic hydroxyl groups is 1. The van der Waals surface area contributed by atoms with Gasteiger partial charge in [-0.1, -0.05) is 78.6 Å². The molecule has 27 heavy (non-hydrogen) atoms. The third-order valence-electron chi connectivity index (χ3n) is 4.13. The molecule has 1 amide bonds. The maximum atomic E-state index is 11.4.